The Morgan fingerprint density at radius 1 is 1.47 bits per heavy atom. The minimum Gasteiger partial charge on any atom is -0.379 e. The van der Waals surface area contributed by atoms with Gasteiger partial charge in [0, 0.05) is 17.0 Å². The van der Waals surface area contributed by atoms with Crippen molar-refractivity contribution in [2.75, 3.05) is 19.8 Å². The van der Waals surface area contributed by atoms with E-state index in [1.165, 1.54) is 0 Å². The monoisotopic (exact) mass is 251 g/mol. The molecule has 0 saturated carbocycles. The van der Waals surface area contributed by atoms with E-state index in [1.807, 2.05) is 6.07 Å². The van der Waals surface area contributed by atoms with Crippen LogP contribution in [0.1, 0.15) is 16.8 Å². The van der Waals surface area contributed by atoms with Gasteiger partial charge in [0.2, 0.25) is 0 Å². The van der Waals surface area contributed by atoms with E-state index in [0.717, 1.165) is 11.3 Å². The van der Waals surface area contributed by atoms with Crippen molar-refractivity contribution in [2.45, 2.75) is 11.3 Å². The molecule has 1 aromatic rings. The van der Waals surface area contributed by atoms with Crippen molar-refractivity contribution in [3.8, 4) is 0 Å². The number of amides is 1. The van der Waals surface area contributed by atoms with E-state index in [4.69, 9.17) is 4.74 Å². The predicted octanol–water partition coefficient (Wildman–Crippen LogP) is 2.30. The first-order chi connectivity index (χ1) is 8.24. The summed E-state index contributed by atoms with van der Waals surface area (Å²) in [4.78, 5) is 12.4. The molecule has 0 aromatic heterocycles. The molecule has 0 spiro atoms. The molecule has 0 aliphatic rings. The smallest absolute Gasteiger partial charge is 0.251 e. The van der Waals surface area contributed by atoms with E-state index in [0.29, 0.717) is 25.3 Å². The molecule has 0 saturated heterocycles. The zero-order valence-electron chi connectivity index (χ0n) is 9.69. The van der Waals surface area contributed by atoms with Gasteiger partial charge in [-0.1, -0.05) is 12.1 Å². The van der Waals surface area contributed by atoms with Crippen LogP contribution in [0.2, 0.25) is 0 Å². The fourth-order valence-corrected chi connectivity index (χ4v) is 1.48. The van der Waals surface area contributed by atoms with E-state index in [2.05, 4.69) is 24.5 Å². The number of carbonyl (C=O) groups is 1. The van der Waals surface area contributed by atoms with E-state index >= 15 is 0 Å². The van der Waals surface area contributed by atoms with Crippen molar-refractivity contribution >= 4 is 18.5 Å². The van der Waals surface area contributed by atoms with E-state index in [1.54, 1.807) is 24.3 Å². The molecule has 0 aliphatic carbocycles. The van der Waals surface area contributed by atoms with Crippen LogP contribution in [0.4, 0.5) is 0 Å². The third kappa shape index (κ3) is 5.56. The lowest BCUT2D eigenvalue weighted by atomic mass is 10.2. The van der Waals surface area contributed by atoms with Crippen LogP contribution in [0.15, 0.2) is 41.8 Å². The minimum absolute atomic E-state index is 0.103. The number of ether oxygens (including phenoxy) is 1. The number of nitrogens with one attached hydrogen (secondary N) is 1. The second kappa shape index (κ2) is 7.92. The average Bonchev–Trinajstić information content (AvgIpc) is 2.33. The molecule has 0 aliphatic heterocycles. The average molecular weight is 251 g/mol. The Bertz CT molecular complexity index is 379. The van der Waals surface area contributed by atoms with Gasteiger partial charge in [-0.05, 0) is 24.6 Å². The highest BCUT2D eigenvalue weighted by atomic mass is 32.1. The van der Waals surface area contributed by atoms with Gasteiger partial charge in [0.1, 0.15) is 0 Å². The Morgan fingerprint density at radius 3 is 3.00 bits per heavy atom. The zero-order valence-corrected chi connectivity index (χ0v) is 10.6. The molecule has 0 bridgehead atoms. The molecular formula is C13H17NO2S. The highest BCUT2D eigenvalue weighted by Gasteiger charge is 2.03. The summed E-state index contributed by atoms with van der Waals surface area (Å²) in [5, 5.41) is 2.78. The van der Waals surface area contributed by atoms with Crippen molar-refractivity contribution in [2.24, 2.45) is 0 Å². The predicted molar refractivity (Wildman–Crippen MR) is 71.7 cm³/mol. The van der Waals surface area contributed by atoms with E-state index in [9.17, 15) is 4.79 Å². The molecule has 0 atom stereocenters. The number of benzene rings is 1. The quantitative estimate of drug-likeness (QED) is 0.443. The van der Waals surface area contributed by atoms with Gasteiger partial charge >= 0.3 is 0 Å². The standard InChI is InChI=1S/C13H17NO2S/c1-2-3-8-16-9-7-14-13(15)11-5-4-6-12(17)10-11/h2,4-6,10,17H,1,3,7-9H2,(H,14,15). The van der Waals surface area contributed by atoms with Gasteiger partial charge in [-0.2, -0.15) is 0 Å². The molecule has 1 rings (SSSR count). The fraction of sp³-hybridized carbons (Fsp3) is 0.308. The van der Waals surface area contributed by atoms with Crippen LogP contribution in [0.5, 0.6) is 0 Å². The van der Waals surface area contributed by atoms with Crippen molar-refractivity contribution in [3.05, 3.63) is 42.5 Å². The van der Waals surface area contributed by atoms with Crippen molar-refractivity contribution in [1.29, 1.82) is 0 Å². The molecule has 1 amide bonds. The molecule has 0 fully saturated rings. The van der Waals surface area contributed by atoms with Gasteiger partial charge in [-0.3, -0.25) is 4.79 Å². The molecule has 17 heavy (non-hydrogen) atoms. The Labute approximate surface area is 107 Å². The summed E-state index contributed by atoms with van der Waals surface area (Å²) in [6.07, 6.45) is 2.63. The first kappa shape index (κ1) is 13.8. The topological polar surface area (TPSA) is 38.3 Å². The Hall–Kier alpha value is -1.26. The third-order valence-electron chi connectivity index (χ3n) is 2.11. The highest BCUT2D eigenvalue weighted by molar-refractivity contribution is 7.80. The molecule has 4 heteroatoms. The maximum absolute atomic E-state index is 11.7. The number of rotatable bonds is 7. The Balaban J connectivity index is 2.23. The lowest BCUT2D eigenvalue weighted by Crippen LogP contribution is -2.27. The lowest BCUT2D eigenvalue weighted by molar-refractivity contribution is 0.0917. The summed E-state index contributed by atoms with van der Waals surface area (Å²) in [5.74, 6) is -0.103. The number of hydrogen-bond acceptors (Lipinski definition) is 3. The van der Waals surface area contributed by atoms with Crippen LogP contribution in [-0.4, -0.2) is 25.7 Å². The van der Waals surface area contributed by atoms with Crippen molar-refractivity contribution < 1.29 is 9.53 Å². The molecule has 1 N–H and O–H groups in total. The molecule has 0 radical (unpaired) electrons. The Kier molecular flexibility index (Phi) is 6.43. The van der Waals surface area contributed by atoms with Gasteiger partial charge in [-0.15, -0.1) is 19.2 Å². The number of hydrogen-bond donors (Lipinski definition) is 2. The van der Waals surface area contributed by atoms with Crippen molar-refractivity contribution in [1.82, 2.24) is 5.32 Å². The molecule has 0 unspecified atom stereocenters. The van der Waals surface area contributed by atoms with Gasteiger partial charge in [0.25, 0.3) is 5.91 Å². The number of thiol groups is 1. The molecule has 92 valence electrons. The van der Waals surface area contributed by atoms with Crippen LogP contribution in [0, 0.1) is 0 Å². The zero-order chi connectivity index (χ0) is 12.5. The fourth-order valence-electron chi connectivity index (χ4n) is 1.25. The summed E-state index contributed by atoms with van der Waals surface area (Å²) >= 11 is 4.18. The maximum atomic E-state index is 11.7. The molecule has 1 aromatic carbocycles. The van der Waals surface area contributed by atoms with E-state index in [-0.39, 0.29) is 5.91 Å². The summed E-state index contributed by atoms with van der Waals surface area (Å²) in [5.41, 5.74) is 0.614. The highest BCUT2D eigenvalue weighted by Crippen LogP contribution is 2.08. The van der Waals surface area contributed by atoms with Gasteiger partial charge in [0.05, 0.1) is 13.2 Å². The minimum atomic E-state index is -0.103. The maximum Gasteiger partial charge on any atom is 0.251 e. The summed E-state index contributed by atoms with van der Waals surface area (Å²) in [6.45, 7) is 5.26. The van der Waals surface area contributed by atoms with Crippen LogP contribution >= 0.6 is 12.6 Å². The SMILES string of the molecule is C=CCCOCCNC(=O)c1cccc(S)c1. The van der Waals surface area contributed by atoms with Gasteiger partial charge in [0.15, 0.2) is 0 Å². The largest absolute Gasteiger partial charge is 0.379 e. The summed E-state index contributed by atoms with van der Waals surface area (Å²) < 4.78 is 5.28. The van der Waals surface area contributed by atoms with Gasteiger partial charge in [-0.25, -0.2) is 0 Å². The van der Waals surface area contributed by atoms with Crippen LogP contribution in [0.3, 0.4) is 0 Å². The first-order valence-electron chi connectivity index (χ1n) is 5.50. The Morgan fingerprint density at radius 2 is 2.29 bits per heavy atom. The first-order valence-corrected chi connectivity index (χ1v) is 5.94. The van der Waals surface area contributed by atoms with Gasteiger partial charge < -0.3 is 10.1 Å². The normalized spacial score (nSPS) is 9.94. The van der Waals surface area contributed by atoms with E-state index < -0.39 is 0 Å². The molecule has 3 nitrogen and oxygen atoms in total. The molecule has 0 heterocycles. The third-order valence-corrected chi connectivity index (χ3v) is 2.38. The second-order valence-corrected chi connectivity index (χ2v) is 4.01. The van der Waals surface area contributed by atoms with Crippen LogP contribution in [-0.2, 0) is 4.74 Å². The van der Waals surface area contributed by atoms with Crippen molar-refractivity contribution in [3.63, 3.8) is 0 Å². The summed E-state index contributed by atoms with van der Waals surface area (Å²) in [7, 11) is 0. The van der Waals surface area contributed by atoms with Crippen LogP contribution in [0.25, 0.3) is 0 Å². The number of carbonyl (C=O) groups excluding carboxylic acids is 1. The van der Waals surface area contributed by atoms with Crippen LogP contribution < -0.4 is 5.32 Å². The second-order valence-electron chi connectivity index (χ2n) is 3.50. The summed E-state index contributed by atoms with van der Waals surface area (Å²) in [6, 6.07) is 7.13. The molecular weight excluding hydrogens is 234 g/mol. The lowest BCUT2D eigenvalue weighted by Gasteiger charge is -2.06.